The Labute approximate surface area is 247 Å². The van der Waals surface area contributed by atoms with Crippen LogP contribution in [0.1, 0.15) is 64.9 Å². The number of anilines is 1. The molecule has 1 saturated heterocycles. The van der Waals surface area contributed by atoms with Gasteiger partial charge in [0.1, 0.15) is 5.75 Å². The van der Waals surface area contributed by atoms with Crippen molar-refractivity contribution in [3.05, 3.63) is 82.0 Å². The predicted octanol–water partition coefficient (Wildman–Crippen LogP) is 5.31. The van der Waals surface area contributed by atoms with Crippen molar-refractivity contribution in [3.63, 3.8) is 0 Å². The van der Waals surface area contributed by atoms with Gasteiger partial charge in [0.25, 0.3) is 5.91 Å². The monoisotopic (exact) mass is 572 g/mol. The molecule has 1 aliphatic carbocycles. The number of carbonyl (C=O) groups is 2. The SMILES string of the molecule is COc1ccccc1N1CCN(CCCNC(=O)[C@H]2c3ccccc3C(=O)N(C3CCCC3)[C@H]2c2cccs2)CC1. The van der Waals surface area contributed by atoms with Crippen LogP contribution in [-0.2, 0) is 4.79 Å². The lowest BCUT2D eigenvalue weighted by Crippen LogP contribution is -2.51. The summed E-state index contributed by atoms with van der Waals surface area (Å²) in [6.07, 6.45) is 5.18. The van der Waals surface area contributed by atoms with Crippen molar-refractivity contribution in [3.8, 4) is 5.75 Å². The van der Waals surface area contributed by atoms with Gasteiger partial charge >= 0.3 is 0 Å². The van der Waals surface area contributed by atoms with Crippen LogP contribution < -0.4 is 15.0 Å². The summed E-state index contributed by atoms with van der Waals surface area (Å²) in [6.45, 7) is 5.46. The molecule has 1 aromatic heterocycles. The number of ether oxygens (including phenoxy) is 1. The zero-order valence-electron chi connectivity index (χ0n) is 23.8. The zero-order valence-corrected chi connectivity index (χ0v) is 24.7. The lowest BCUT2D eigenvalue weighted by molar-refractivity contribution is -0.124. The Morgan fingerprint density at radius 1 is 0.976 bits per heavy atom. The van der Waals surface area contributed by atoms with Crippen molar-refractivity contribution in [2.75, 3.05) is 51.3 Å². The second kappa shape index (κ2) is 12.7. The number of nitrogens with one attached hydrogen (secondary N) is 1. The van der Waals surface area contributed by atoms with E-state index in [-0.39, 0.29) is 23.9 Å². The molecule has 0 unspecified atom stereocenters. The Hall–Kier alpha value is -3.36. The Morgan fingerprint density at radius 2 is 1.73 bits per heavy atom. The zero-order chi connectivity index (χ0) is 28.2. The van der Waals surface area contributed by atoms with E-state index in [9.17, 15) is 9.59 Å². The second-order valence-corrected chi connectivity index (χ2v) is 12.3. The highest BCUT2D eigenvalue weighted by Crippen LogP contribution is 2.47. The van der Waals surface area contributed by atoms with Gasteiger partial charge in [-0.15, -0.1) is 11.3 Å². The van der Waals surface area contributed by atoms with Crippen LogP contribution in [0.15, 0.2) is 66.0 Å². The van der Waals surface area contributed by atoms with Gasteiger partial charge in [-0.05, 0) is 61.0 Å². The van der Waals surface area contributed by atoms with Crippen molar-refractivity contribution in [2.45, 2.75) is 50.1 Å². The van der Waals surface area contributed by atoms with Crippen molar-refractivity contribution >= 4 is 28.8 Å². The van der Waals surface area contributed by atoms with E-state index in [1.54, 1.807) is 18.4 Å². The summed E-state index contributed by atoms with van der Waals surface area (Å²) in [5.74, 6) is 0.601. The molecule has 3 aromatic rings. The molecule has 0 radical (unpaired) electrons. The smallest absolute Gasteiger partial charge is 0.254 e. The molecule has 2 aromatic carbocycles. The molecule has 2 amide bonds. The molecule has 2 fully saturated rings. The second-order valence-electron chi connectivity index (χ2n) is 11.3. The Kier molecular flexibility index (Phi) is 8.58. The highest BCUT2D eigenvalue weighted by atomic mass is 32.1. The molecule has 3 aliphatic rings. The third-order valence-corrected chi connectivity index (χ3v) is 9.90. The van der Waals surface area contributed by atoms with E-state index in [4.69, 9.17) is 4.74 Å². The minimum Gasteiger partial charge on any atom is -0.495 e. The molecule has 3 heterocycles. The maximum absolute atomic E-state index is 14.0. The summed E-state index contributed by atoms with van der Waals surface area (Å²) in [7, 11) is 1.72. The quantitative estimate of drug-likeness (QED) is 0.352. The highest BCUT2D eigenvalue weighted by Gasteiger charge is 2.47. The minimum absolute atomic E-state index is 0.0207. The number of carbonyl (C=O) groups excluding carboxylic acids is 2. The molecule has 6 rings (SSSR count). The summed E-state index contributed by atoms with van der Waals surface area (Å²) < 4.78 is 5.56. The largest absolute Gasteiger partial charge is 0.495 e. The Morgan fingerprint density at radius 3 is 2.49 bits per heavy atom. The summed E-state index contributed by atoms with van der Waals surface area (Å²) in [5.41, 5.74) is 2.69. The van der Waals surface area contributed by atoms with E-state index in [1.807, 2.05) is 42.5 Å². The van der Waals surface area contributed by atoms with Crippen molar-refractivity contribution in [1.29, 1.82) is 0 Å². The molecule has 41 heavy (non-hydrogen) atoms. The van der Waals surface area contributed by atoms with Gasteiger partial charge in [0.2, 0.25) is 5.91 Å². The number of thiophene rings is 1. The van der Waals surface area contributed by atoms with Crippen molar-refractivity contribution in [1.82, 2.24) is 15.1 Å². The van der Waals surface area contributed by atoms with Gasteiger partial charge < -0.3 is 19.9 Å². The molecule has 7 nitrogen and oxygen atoms in total. The van der Waals surface area contributed by atoms with Crippen LogP contribution in [0.25, 0.3) is 0 Å². The Bertz CT molecular complexity index is 1330. The number of hydrogen-bond donors (Lipinski definition) is 1. The first-order chi connectivity index (χ1) is 20.2. The highest BCUT2D eigenvalue weighted by molar-refractivity contribution is 7.10. The van der Waals surface area contributed by atoms with Gasteiger partial charge in [0.05, 0.1) is 24.8 Å². The number of nitrogens with zero attached hydrogens (tertiary/aromatic N) is 3. The number of benzene rings is 2. The van der Waals surface area contributed by atoms with Crippen LogP contribution >= 0.6 is 11.3 Å². The number of amides is 2. The van der Waals surface area contributed by atoms with E-state index < -0.39 is 5.92 Å². The number of rotatable bonds is 9. The number of fused-ring (bicyclic) bond motifs is 1. The van der Waals surface area contributed by atoms with Crippen LogP contribution in [0.4, 0.5) is 5.69 Å². The summed E-state index contributed by atoms with van der Waals surface area (Å²) >= 11 is 1.65. The average Bonchev–Trinajstić information content (AvgIpc) is 3.75. The van der Waals surface area contributed by atoms with Gasteiger partial charge in [-0.25, -0.2) is 0 Å². The molecule has 8 heteroatoms. The summed E-state index contributed by atoms with van der Waals surface area (Å²) in [6, 6.07) is 20.0. The van der Waals surface area contributed by atoms with Crippen LogP contribution in [0.3, 0.4) is 0 Å². The van der Waals surface area contributed by atoms with Crippen LogP contribution in [-0.4, -0.2) is 74.0 Å². The molecule has 1 N–H and O–H groups in total. The third-order valence-electron chi connectivity index (χ3n) is 8.96. The number of para-hydroxylation sites is 2. The lowest BCUT2D eigenvalue weighted by atomic mass is 9.80. The molecule has 1 saturated carbocycles. The first kappa shape index (κ1) is 27.8. The van der Waals surface area contributed by atoms with E-state index in [1.165, 1.54) is 0 Å². The molecule has 2 atom stereocenters. The fourth-order valence-corrected chi connectivity index (χ4v) is 7.77. The van der Waals surface area contributed by atoms with Gasteiger partial charge in [-0.2, -0.15) is 0 Å². The van der Waals surface area contributed by atoms with Gasteiger partial charge in [0.15, 0.2) is 0 Å². The first-order valence-electron chi connectivity index (χ1n) is 15.0. The topological polar surface area (TPSA) is 65.1 Å². The summed E-state index contributed by atoms with van der Waals surface area (Å²) in [4.78, 5) is 35.8. The minimum atomic E-state index is -0.410. The Balaban J connectivity index is 1.10. The lowest BCUT2D eigenvalue weighted by Gasteiger charge is -2.44. The molecule has 0 spiro atoms. The number of methoxy groups -OCH3 is 1. The van der Waals surface area contributed by atoms with Crippen LogP contribution in [0.5, 0.6) is 5.75 Å². The number of piperazine rings is 1. The molecule has 0 bridgehead atoms. The van der Waals surface area contributed by atoms with Crippen molar-refractivity contribution in [2.24, 2.45) is 0 Å². The fourth-order valence-electron chi connectivity index (χ4n) is 6.91. The van der Waals surface area contributed by atoms with E-state index in [0.717, 1.165) is 86.7 Å². The maximum atomic E-state index is 14.0. The number of hydrogen-bond acceptors (Lipinski definition) is 6. The van der Waals surface area contributed by atoms with Crippen LogP contribution in [0.2, 0.25) is 0 Å². The van der Waals surface area contributed by atoms with Crippen LogP contribution in [0, 0.1) is 0 Å². The van der Waals surface area contributed by atoms with Gasteiger partial charge in [-0.3, -0.25) is 14.5 Å². The third kappa shape index (κ3) is 5.72. The van der Waals surface area contributed by atoms with Crippen molar-refractivity contribution < 1.29 is 14.3 Å². The first-order valence-corrected chi connectivity index (χ1v) is 15.9. The molecular weight excluding hydrogens is 532 g/mol. The molecule has 216 valence electrons. The van der Waals surface area contributed by atoms with E-state index >= 15 is 0 Å². The van der Waals surface area contributed by atoms with Gasteiger partial charge in [-0.1, -0.05) is 49.2 Å². The van der Waals surface area contributed by atoms with Gasteiger partial charge in [0, 0.05) is 49.2 Å². The average molecular weight is 573 g/mol. The molecule has 2 aliphatic heterocycles. The normalized spacial score (nSPS) is 21.6. The summed E-state index contributed by atoms with van der Waals surface area (Å²) in [5, 5.41) is 5.33. The fraction of sp³-hybridized carbons (Fsp3) is 0.455. The molecular formula is C33H40N4O3S. The van der Waals surface area contributed by atoms with E-state index in [0.29, 0.717) is 12.1 Å². The van der Waals surface area contributed by atoms with E-state index in [2.05, 4.69) is 43.6 Å². The maximum Gasteiger partial charge on any atom is 0.254 e. The predicted molar refractivity (Wildman–Crippen MR) is 164 cm³/mol. The standard InChI is InChI=1S/C33H40N4O3S/c1-40-28-15-7-6-14-27(28)36-21-19-35(20-22-36)18-9-17-34-32(38)30-25-12-4-5-13-26(25)33(39)37(24-10-2-3-11-24)31(30)29-16-8-23-41-29/h4-8,12-16,23-24,30-31H,2-3,9-11,17-22H2,1H3,(H,34,38)/t30-,31-/m0/s1.